The number of guanidine groups is 1. The molecule has 1 aliphatic heterocycles. The number of rotatable bonds is 4. The van der Waals surface area contributed by atoms with E-state index in [1.54, 1.807) is 7.05 Å². The molecule has 0 amide bonds. The lowest BCUT2D eigenvalue weighted by atomic mass is 9.73. The standard InChI is InChI=1S/C18H32N6O/c1-4-15-22-16-9-8-13(11-24(16)23-15)21-17(19-3)20-12-18(2)10-6-5-7-14(18)25/h13-14,25H,4-12H2,1-3H3,(H2,19,20,21). The summed E-state index contributed by atoms with van der Waals surface area (Å²) in [5.41, 5.74) is -0.0719. The van der Waals surface area contributed by atoms with Crippen molar-refractivity contribution in [2.45, 2.75) is 77.5 Å². The predicted octanol–water partition coefficient (Wildman–Crippen LogP) is 1.26. The summed E-state index contributed by atoms with van der Waals surface area (Å²) in [5.74, 6) is 2.83. The second-order valence-corrected chi connectivity index (χ2v) is 7.70. The quantitative estimate of drug-likeness (QED) is 0.563. The van der Waals surface area contributed by atoms with Gasteiger partial charge in [0.15, 0.2) is 11.8 Å². The minimum Gasteiger partial charge on any atom is -0.392 e. The molecule has 140 valence electrons. The van der Waals surface area contributed by atoms with Crippen molar-refractivity contribution < 1.29 is 5.11 Å². The van der Waals surface area contributed by atoms with Crippen LogP contribution in [0.1, 0.15) is 57.6 Å². The van der Waals surface area contributed by atoms with E-state index in [1.165, 1.54) is 6.42 Å². The average Bonchev–Trinajstić information content (AvgIpc) is 3.03. The third kappa shape index (κ3) is 4.14. The van der Waals surface area contributed by atoms with Crippen molar-refractivity contribution in [1.82, 2.24) is 25.4 Å². The van der Waals surface area contributed by atoms with Gasteiger partial charge in [0.2, 0.25) is 0 Å². The molecule has 0 saturated heterocycles. The summed E-state index contributed by atoms with van der Waals surface area (Å²) in [4.78, 5) is 8.94. The predicted molar refractivity (Wildman–Crippen MR) is 98.6 cm³/mol. The van der Waals surface area contributed by atoms with Gasteiger partial charge < -0.3 is 15.7 Å². The fourth-order valence-electron chi connectivity index (χ4n) is 3.89. The number of aliphatic hydroxyl groups is 1. The summed E-state index contributed by atoms with van der Waals surface area (Å²) in [6.07, 6.45) is 6.91. The maximum atomic E-state index is 10.4. The lowest BCUT2D eigenvalue weighted by Crippen LogP contribution is -2.51. The zero-order chi connectivity index (χ0) is 17.9. The number of aryl methyl sites for hydroxylation is 2. The van der Waals surface area contributed by atoms with Crippen LogP contribution in [0.2, 0.25) is 0 Å². The number of aliphatic imine (C=N–C) groups is 1. The van der Waals surface area contributed by atoms with Crippen LogP contribution >= 0.6 is 0 Å². The Labute approximate surface area is 150 Å². The minimum absolute atomic E-state index is 0.0719. The van der Waals surface area contributed by atoms with E-state index in [0.29, 0.717) is 6.04 Å². The molecule has 0 radical (unpaired) electrons. The summed E-state index contributed by atoms with van der Waals surface area (Å²) in [6.45, 7) is 5.83. The maximum absolute atomic E-state index is 10.4. The number of hydrogen-bond donors (Lipinski definition) is 3. The lowest BCUT2D eigenvalue weighted by molar-refractivity contribution is 0.00394. The summed E-state index contributed by atoms with van der Waals surface area (Å²) in [5, 5.41) is 21.9. The molecule has 1 aromatic rings. The van der Waals surface area contributed by atoms with E-state index >= 15 is 0 Å². The van der Waals surface area contributed by atoms with Crippen molar-refractivity contribution in [2.75, 3.05) is 13.6 Å². The zero-order valence-corrected chi connectivity index (χ0v) is 15.8. The van der Waals surface area contributed by atoms with Crippen molar-refractivity contribution in [1.29, 1.82) is 0 Å². The summed E-state index contributed by atoms with van der Waals surface area (Å²) >= 11 is 0. The van der Waals surface area contributed by atoms with E-state index in [2.05, 4.69) is 39.6 Å². The number of hydrogen-bond acceptors (Lipinski definition) is 4. The minimum atomic E-state index is -0.230. The molecule has 3 rings (SSSR count). The van der Waals surface area contributed by atoms with Crippen molar-refractivity contribution >= 4 is 5.96 Å². The first-order valence-corrected chi connectivity index (χ1v) is 9.62. The van der Waals surface area contributed by atoms with Crippen LogP contribution in [0.3, 0.4) is 0 Å². The Bertz CT molecular complexity index is 613. The van der Waals surface area contributed by atoms with E-state index < -0.39 is 0 Å². The van der Waals surface area contributed by atoms with Crippen LogP contribution in [0.15, 0.2) is 4.99 Å². The average molecular weight is 348 g/mol. The van der Waals surface area contributed by atoms with E-state index in [0.717, 1.165) is 69.2 Å². The van der Waals surface area contributed by atoms with Gasteiger partial charge in [-0.25, -0.2) is 9.67 Å². The monoisotopic (exact) mass is 348 g/mol. The lowest BCUT2D eigenvalue weighted by Gasteiger charge is -2.39. The molecule has 7 heteroatoms. The molecule has 3 atom stereocenters. The Balaban J connectivity index is 1.54. The molecule has 1 aliphatic carbocycles. The van der Waals surface area contributed by atoms with Gasteiger partial charge in [0.05, 0.1) is 12.6 Å². The molecule has 2 aliphatic rings. The molecule has 1 saturated carbocycles. The first-order valence-electron chi connectivity index (χ1n) is 9.62. The molecule has 25 heavy (non-hydrogen) atoms. The van der Waals surface area contributed by atoms with Gasteiger partial charge in [-0.05, 0) is 19.3 Å². The molecule has 3 N–H and O–H groups in total. The Hall–Kier alpha value is -1.63. The normalized spacial score (nSPS) is 30.0. The summed E-state index contributed by atoms with van der Waals surface area (Å²) < 4.78 is 2.03. The molecule has 0 spiro atoms. The number of aliphatic hydroxyl groups excluding tert-OH is 1. The van der Waals surface area contributed by atoms with Gasteiger partial charge in [-0.1, -0.05) is 26.7 Å². The van der Waals surface area contributed by atoms with Crippen LogP contribution in [0.5, 0.6) is 0 Å². The highest BCUT2D eigenvalue weighted by molar-refractivity contribution is 5.80. The zero-order valence-electron chi connectivity index (χ0n) is 15.8. The molecule has 2 heterocycles. The second kappa shape index (κ2) is 7.72. The first kappa shape index (κ1) is 18.2. The number of fused-ring (bicyclic) bond motifs is 1. The fourth-order valence-corrected chi connectivity index (χ4v) is 3.89. The third-order valence-electron chi connectivity index (χ3n) is 5.72. The Morgan fingerprint density at radius 2 is 2.24 bits per heavy atom. The van der Waals surface area contributed by atoms with Gasteiger partial charge in [-0.3, -0.25) is 4.99 Å². The molecular weight excluding hydrogens is 316 g/mol. The van der Waals surface area contributed by atoms with Crippen LogP contribution in [-0.4, -0.2) is 51.6 Å². The Morgan fingerprint density at radius 3 is 2.96 bits per heavy atom. The van der Waals surface area contributed by atoms with Gasteiger partial charge in [-0.2, -0.15) is 5.10 Å². The summed E-state index contributed by atoms with van der Waals surface area (Å²) in [6, 6.07) is 0.300. The largest absolute Gasteiger partial charge is 0.392 e. The smallest absolute Gasteiger partial charge is 0.191 e. The van der Waals surface area contributed by atoms with Crippen molar-refractivity contribution in [3.63, 3.8) is 0 Å². The van der Waals surface area contributed by atoms with Crippen molar-refractivity contribution in [3.05, 3.63) is 11.6 Å². The van der Waals surface area contributed by atoms with E-state index in [-0.39, 0.29) is 11.5 Å². The molecule has 3 unspecified atom stereocenters. The van der Waals surface area contributed by atoms with E-state index in [1.807, 2.05) is 4.68 Å². The topological polar surface area (TPSA) is 87.4 Å². The summed E-state index contributed by atoms with van der Waals surface area (Å²) in [7, 11) is 1.80. The number of aromatic nitrogens is 3. The third-order valence-corrected chi connectivity index (χ3v) is 5.72. The van der Waals surface area contributed by atoms with Crippen LogP contribution in [0, 0.1) is 5.41 Å². The van der Waals surface area contributed by atoms with Crippen LogP contribution in [-0.2, 0) is 19.4 Å². The molecule has 0 aromatic carbocycles. The van der Waals surface area contributed by atoms with E-state index in [4.69, 9.17) is 0 Å². The Morgan fingerprint density at radius 1 is 1.40 bits per heavy atom. The highest BCUT2D eigenvalue weighted by atomic mass is 16.3. The highest BCUT2D eigenvalue weighted by Gasteiger charge is 2.35. The number of nitrogens with one attached hydrogen (secondary N) is 2. The van der Waals surface area contributed by atoms with Crippen molar-refractivity contribution in [3.8, 4) is 0 Å². The molecule has 1 fully saturated rings. The van der Waals surface area contributed by atoms with Crippen LogP contribution < -0.4 is 10.6 Å². The molecular formula is C18H32N6O. The molecule has 0 bridgehead atoms. The van der Waals surface area contributed by atoms with Gasteiger partial charge in [0.25, 0.3) is 0 Å². The van der Waals surface area contributed by atoms with Gasteiger partial charge in [-0.15, -0.1) is 0 Å². The fraction of sp³-hybridized carbons (Fsp3) is 0.833. The second-order valence-electron chi connectivity index (χ2n) is 7.70. The number of nitrogens with zero attached hydrogens (tertiary/aromatic N) is 4. The van der Waals surface area contributed by atoms with Gasteiger partial charge in [0.1, 0.15) is 5.82 Å². The molecule has 7 nitrogen and oxygen atoms in total. The van der Waals surface area contributed by atoms with Crippen molar-refractivity contribution in [2.24, 2.45) is 10.4 Å². The van der Waals surface area contributed by atoms with Crippen LogP contribution in [0.4, 0.5) is 0 Å². The van der Waals surface area contributed by atoms with Gasteiger partial charge in [0, 0.05) is 37.9 Å². The molecule has 1 aromatic heterocycles. The SMILES string of the molecule is CCc1nc2n(n1)CC(NC(=NC)NCC1(C)CCCCC1O)CC2. The maximum Gasteiger partial charge on any atom is 0.191 e. The Kier molecular flexibility index (Phi) is 5.61. The van der Waals surface area contributed by atoms with E-state index in [9.17, 15) is 5.11 Å². The van der Waals surface area contributed by atoms with Crippen LogP contribution in [0.25, 0.3) is 0 Å². The first-order chi connectivity index (χ1) is 12.0. The highest BCUT2D eigenvalue weighted by Crippen LogP contribution is 2.35. The van der Waals surface area contributed by atoms with Gasteiger partial charge >= 0.3 is 0 Å².